The van der Waals surface area contributed by atoms with Crippen molar-refractivity contribution in [1.82, 2.24) is 0 Å². The molecule has 3 heteroatoms. The van der Waals surface area contributed by atoms with Crippen molar-refractivity contribution in [3.63, 3.8) is 0 Å². The predicted octanol–water partition coefficient (Wildman–Crippen LogP) is 3.30. The summed E-state index contributed by atoms with van der Waals surface area (Å²) < 4.78 is 0. The van der Waals surface area contributed by atoms with Crippen LogP contribution in [0.5, 0.6) is 0 Å². The van der Waals surface area contributed by atoms with Crippen molar-refractivity contribution in [1.29, 1.82) is 0 Å². The molecule has 3 nitrogen and oxygen atoms in total. The van der Waals surface area contributed by atoms with Crippen LogP contribution in [0.2, 0.25) is 0 Å². The number of ketones is 1. The van der Waals surface area contributed by atoms with Crippen LogP contribution in [0, 0.1) is 34.5 Å². The Morgan fingerprint density at radius 1 is 1.17 bits per heavy atom. The maximum atomic E-state index is 12.1. The number of carbonyl (C=O) groups excluding carboxylic acids is 2. The molecule has 0 radical (unpaired) electrons. The standard InChI is InChI=1S/C20H28O3/c1-19-8-7-16-14(15(19)5-6-18(19)23)4-3-13-9-17(22)12(11-21)10-20(13,16)2/h9,11-12,14-16,18,23H,3-8,10H2,1-2H3/t12?,14-,15-,16-,18-,19-,20-/m0/s1. The third kappa shape index (κ3) is 1.98. The topological polar surface area (TPSA) is 54.4 Å². The first-order valence-corrected chi connectivity index (χ1v) is 9.28. The van der Waals surface area contributed by atoms with Gasteiger partial charge in [-0.1, -0.05) is 19.4 Å². The number of fused-ring (bicyclic) bond motifs is 5. The van der Waals surface area contributed by atoms with Gasteiger partial charge in [-0.3, -0.25) is 4.79 Å². The van der Waals surface area contributed by atoms with Gasteiger partial charge in [-0.15, -0.1) is 0 Å². The van der Waals surface area contributed by atoms with Crippen LogP contribution in [0.25, 0.3) is 0 Å². The van der Waals surface area contributed by atoms with Crippen LogP contribution in [0.4, 0.5) is 0 Å². The van der Waals surface area contributed by atoms with Gasteiger partial charge in [-0.05, 0) is 79.6 Å². The summed E-state index contributed by atoms with van der Waals surface area (Å²) in [5.41, 5.74) is 1.40. The van der Waals surface area contributed by atoms with Crippen molar-refractivity contribution in [3.8, 4) is 0 Å². The molecule has 3 saturated carbocycles. The van der Waals surface area contributed by atoms with Crippen LogP contribution in [0.15, 0.2) is 11.6 Å². The third-order valence-electron chi connectivity index (χ3n) is 8.18. The molecule has 0 heterocycles. The largest absolute Gasteiger partial charge is 0.393 e. The molecular formula is C20H28O3. The monoisotopic (exact) mass is 316 g/mol. The Hall–Kier alpha value is -0.960. The van der Waals surface area contributed by atoms with E-state index < -0.39 is 5.92 Å². The zero-order valence-electron chi connectivity index (χ0n) is 14.3. The van der Waals surface area contributed by atoms with Gasteiger partial charge in [0.15, 0.2) is 5.78 Å². The van der Waals surface area contributed by atoms with Gasteiger partial charge in [0.2, 0.25) is 0 Å². The summed E-state index contributed by atoms with van der Waals surface area (Å²) in [6.45, 7) is 4.59. The van der Waals surface area contributed by atoms with Crippen molar-refractivity contribution in [3.05, 3.63) is 11.6 Å². The van der Waals surface area contributed by atoms with Crippen molar-refractivity contribution >= 4 is 12.1 Å². The second kappa shape index (κ2) is 5.02. The first-order chi connectivity index (χ1) is 10.9. The molecule has 0 aromatic carbocycles. The van der Waals surface area contributed by atoms with Crippen LogP contribution in [-0.2, 0) is 9.59 Å². The molecule has 0 amide bonds. The minimum atomic E-state index is -0.440. The Morgan fingerprint density at radius 2 is 1.96 bits per heavy atom. The zero-order chi connectivity index (χ0) is 16.4. The molecule has 126 valence electrons. The summed E-state index contributed by atoms with van der Waals surface area (Å²) in [5.74, 6) is 1.41. The van der Waals surface area contributed by atoms with Gasteiger partial charge in [0.05, 0.1) is 12.0 Å². The molecule has 3 fully saturated rings. The number of rotatable bonds is 1. The van der Waals surface area contributed by atoms with Gasteiger partial charge in [0.25, 0.3) is 0 Å². The Balaban J connectivity index is 1.70. The third-order valence-corrected chi connectivity index (χ3v) is 8.18. The van der Waals surface area contributed by atoms with E-state index in [4.69, 9.17) is 0 Å². The van der Waals surface area contributed by atoms with E-state index >= 15 is 0 Å². The minimum absolute atomic E-state index is 0.0112. The first kappa shape index (κ1) is 15.6. The van der Waals surface area contributed by atoms with Gasteiger partial charge in [-0.25, -0.2) is 0 Å². The smallest absolute Gasteiger partial charge is 0.165 e. The van der Waals surface area contributed by atoms with E-state index in [0.29, 0.717) is 24.2 Å². The molecule has 7 atom stereocenters. The highest BCUT2D eigenvalue weighted by atomic mass is 16.3. The Labute approximate surface area is 138 Å². The summed E-state index contributed by atoms with van der Waals surface area (Å²) in [6, 6.07) is 0. The maximum absolute atomic E-state index is 12.1. The quantitative estimate of drug-likeness (QED) is 0.596. The normalized spacial score (nSPS) is 52.2. The van der Waals surface area contributed by atoms with E-state index in [1.54, 1.807) is 6.08 Å². The molecule has 1 unspecified atom stereocenters. The van der Waals surface area contributed by atoms with Crippen LogP contribution in [0.3, 0.4) is 0 Å². The lowest BCUT2D eigenvalue weighted by atomic mass is 9.46. The molecule has 1 N–H and O–H groups in total. The van der Waals surface area contributed by atoms with Crippen LogP contribution in [0.1, 0.15) is 58.8 Å². The number of allylic oxidation sites excluding steroid dienone is 1. The Bertz CT molecular complexity index is 579. The number of carbonyl (C=O) groups is 2. The molecule has 4 rings (SSSR count). The summed E-state index contributed by atoms with van der Waals surface area (Å²) >= 11 is 0. The first-order valence-electron chi connectivity index (χ1n) is 9.28. The second-order valence-corrected chi connectivity index (χ2v) is 8.99. The van der Waals surface area contributed by atoms with E-state index in [-0.39, 0.29) is 22.7 Å². The van der Waals surface area contributed by atoms with Gasteiger partial charge in [0, 0.05) is 0 Å². The fourth-order valence-electron chi connectivity index (χ4n) is 6.77. The van der Waals surface area contributed by atoms with E-state index in [1.807, 2.05) is 0 Å². The molecule has 0 aliphatic heterocycles. The van der Waals surface area contributed by atoms with Gasteiger partial charge >= 0.3 is 0 Å². The van der Waals surface area contributed by atoms with Crippen molar-refractivity contribution in [2.75, 3.05) is 0 Å². The van der Waals surface area contributed by atoms with Gasteiger partial charge in [-0.2, -0.15) is 0 Å². The molecule has 4 aliphatic carbocycles. The fourth-order valence-corrected chi connectivity index (χ4v) is 6.77. The predicted molar refractivity (Wildman–Crippen MR) is 87.7 cm³/mol. The molecule has 23 heavy (non-hydrogen) atoms. The molecule has 0 saturated heterocycles. The van der Waals surface area contributed by atoms with Crippen molar-refractivity contribution in [2.45, 2.75) is 64.9 Å². The summed E-state index contributed by atoms with van der Waals surface area (Å²) in [6.07, 6.45) is 9.67. The molecule has 0 aromatic heterocycles. The number of aldehydes is 1. The number of aliphatic hydroxyl groups is 1. The molecule has 0 aromatic rings. The molecule has 4 aliphatic rings. The van der Waals surface area contributed by atoms with E-state index in [0.717, 1.165) is 44.8 Å². The van der Waals surface area contributed by atoms with Gasteiger partial charge < -0.3 is 9.90 Å². The summed E-state index contributed by atoms with van der Waals surface area (Å²) in [4.78, 5) is 23.5. The zero-order valence-corrected chi connectivity index (χ0v) is 14.3. The van der Waals surface area contributed by atoms with E-state index in [1.165, 1.54) is 5.57 Å². The molecule has 0 bridgehead atoms. The maximum Gasteiger partial charge on any atom is 0.165 e. The van der Waals surface area contributed by atoms with Crippen LogP contribution in [-0.4, -0.2) is 23.3 Å². The Morgan fingerprint density at radius 3 is 2.70 bits per heavy atom. The second-order valence-electron chi connectivity index (χ2n) is 8.99. The minimum Gasteiger partial charge on any atom is -0.393 e. The average Bonchev–Trinajstić information content (AvgIpc) is 2.83. The Kier molecular flexibility index (Phi) is 3.39. The van der Waals surface area contributed by atoms with Gasteiger partial charge in [0.1, 0.15) is 6.29 Å². The van der Waals surface area contributed by atoms with E-state index in [9.17, 15) is 14.7 Å². The number of hydrogen-bond donors (Lipinski definition) is 1. The molecular weight excluding hydrogens is 288 g/mol. The molecule has 0 spiro atoms. The lowest BCUT2D eigenvalue weighted by Crippen LogP contribution is -2.52. The average molecular weight is 316 g/mol. The number of hydrogen-bond acceptors (Lipinski definition) is 3. The summed E-state index contributed by atoms with van der Waals surface area (Å²) in [5, 5.41) is 10.5. The number of aliphatic hydroxyl groups excluding tert-OH is 1. The fraction of sp³-hybridized carbons (Fsp3) is 0.800. The highest BCUT2D eigenvalue weighted by Crippen LogP contribution is 2.65. The van der Waals surface area contributed by atoms with Crippen LogP contribution >= 0.6 is 0 Å². The SMILES string of the molecule is C[C@]12CC[C@H]3[C@@H](CCC4=CC(=O)C(C=O)C[C@@]43C)[C@@H]1CC[C@@H]2O. The van der Waals surface area contributed by atoms with E-state index in [2.05, 4.69) is 13.8 Å². The summed E-state index contributed by atoms with van der Waals surface area (Å²) in [7, 11) is 0. The lowest BCUT2D eigenvalue weighted by molar-refractivity contribution is -0.128. The van der Waals surface area contributed by atoms with Crippen molar-refractivity contribution in [2.24, 2.45) is 34.5 Å². The van der Waals surface area contributed by atoms with Crippen molar-refractivity contribution < 1.29 is 14.7 Å². The highest BCUT2D eigenvalue weighted by Gasteiger charge is 2.59. The highest BCUT2D eigenvalue weighted by molar-refractivity contribution is 6.02. The van der Waals surface area contributed by atoms with Crippen LogP contribution < -0.4 is 0 Å². The lowest BCUT2D eigenvalue weighted by Gasteiger charge is -2.58.